The quantitative estimate of drug-likeness (QED) is 0.324. The maximum Gasteiger partial charge on any atom is 0.234 e. The third-order valence-electron chi connectivity index (χ3n) is 2.05. The fourth-order valence-electron chi connectivity index (χ4n) is 1.06. The van der Waals surface area contributed by atoms with Gasteiger partial charge in [-0.2, -0.15) is 0 Å². The monoisotopic (exact) mass is 394 g/mol. The van der Waals surface area contributed by atoms with Crippen molar-refractivity contribution in [2.45, 2.75) is 20.0 Å². The van der Waals surface area contributed by atoms with E-state index in [2.05, 4.69) is 0 Å². The van der Waals surface area contributed by atoms with Crippen molar-refractivity contribution in [1.82, 2.24) is 9.80 Å². The van der Waals surface area contributed by atoms with Gasteiger partial charge in [0.2, 0.25) is 7.59 Å². The third kappa shape index (κ3) is 4.43. The van der Waals surface area contributed by atoms with Gasteiger partial charge in [-0.1, -0.05) is 69.6 Å². The molecule has 2 atom stereocenters. The van der Waals surface area contributed by atoms with Crippen molar-refractivity contribution >= 4 is 86.9 Å². The van der Waals surface area contributed by atoms with Crippen molar-refractivity contribution in [2.75, 3.05) is 13.1 Å². The Bertz CT molecular complexity index is 309. The van der Waals surface area contributed by atoms with Crippen LogP contribution in [0.2, 0.25) is 0 Å². The summed E-state index contributed by atoms with van der Waals surface area (Å²) in [6.45, 7) is 1.29. The van der Waals surface area contributed by atoms with Gasteiger partial charge in [0.15, 0.2) is 17.6 Å². The van der Waals surface area contributed by atoms with Crippen molar-refractivity contribution in [3.05, 3.63) is 0 Å². The van der Waals surface area contributed by atoms with Crippen molar-refractivity contribution < 1.29 is 10.2 Å². The van der Waals surface area contributed by atoms with E-state index in [4.69, 9.17) is 81.8 Å². The van der Waals surface area contributed by atoms with Gasteiger partial charge in [-0.3, -0.25) is 4.90 Å². The molecule has 0 aromatic heterocycles. The van der Waals surface area contributed by atoms with E-state index >= 15 is 0 Å². The van der Waals surface area contributed by atoms with E-state index in [-0.39, 0.29) is 5.11 Å². The molecule has 1 aliphatic heterocycles. The number of alkyl halides is 6. The Kier molecular flexibility index (Phi) is 5.80. The maximum atomic E-state index is 9.91. The Hall–Kier alpha value is 1.35. The Labute approximate surface area is 139 Å². The van der Waals surface area contributed by atoms with Crippen LogP contribution < -0.4 is 0 Å². The first kappa shape index (κ1) is 17.4. The Morgan fingerprint density at radius 1 is 1.00 bits per heavy atom. The van der Waals surface area contributed by atoms with Crippen molar-refractivity contribution in [3.8, 4) is 0 Å². The van der Waals surface area contributed by atoms with Crippen LogP contribution in [0.1, 0.15) is 0 Å². The minimum Gasteiger partial charge on any atom is -0.369 e. The second-order valence-corrected chi connectivity index (χ2v) is 8.61. The largest absolute Gasteiger partial charge is 0.369 e. The summed E-state index contributed by atoms with van der Waals surface area (Å²) in [6, 6.07) is 0. The molecule has 0 spiro atoms. The van der Waals surface area contributed by atoms with E-state index in [9.17, 15) is 10.2 Å². The molecule has 18 heavy (non-hydrogen) atoms. The van der Waals surface area contributed by atoms with Gasteiger partial charge in [0, 0.05) is 13.1 Å². The van der Waals surface area contributed by atoms with Crippen LogP contribution in [0.4, 0.5) is 0 Å². The number of rotatable bonds is 2. The first-order chi connectivity index (χ1) is 7.96. The van der Waals surface area contributed by atoms with E-state index < -0.39 is 20.0 Å². The van der Waals surface area contributed by atoms with Crippen LogP contribution in [0.15, 0.2) is 0 Å². The molecule has 0 bridgehead atoms. The summed E-state index contributed by atoms with van der Waals surface area (Å²) in [5, 5.41) is 19.8. The predicted octanol–water partition coefficient (Wildman–Crippen LogP) is 2.27. The second-order valence-electron chi connectivity index (χ2n) is 3.51. The van der Waals surface area contributed by atoms with Crippen LogP contribution >= 0.6 is 81.8 Å². The molecule has 0 aromatic carbocycles. The standard InChI is InChI=1S/C7H8Cl6N2O2S/c8-6(9,10)3(16)15(4(17)7(11,12)13)5(18)14-1-2-14/h3-4,16-17H,1-2H2. The third-order valence-corrected chi connectivity index (χ3v) is 3.69. The molecule has 4 nitrogen and oxygen atoms in total. The molecule has 2 unspecified atom stereocenters. The highest BCUT2D eigenvalue weighted by molar-refractivity contribution is 7.80. The van der Waals surface area contributed by atoms with Crippen molar-refractivity contribution in [1.29, 1.82) is 0 Å². The van der Waals surface area contributed by atoms with Crippen LogP contribution in [0, 0.1) is 0 Å². The number of halogens is 6. The van der Waals surface area contributed by atoms with Crippen LogP contribution in [-0.2, 0) is 0 Å². The molecule has 1 rings (SSSR count). The molecule has 0 amide bonds. The highest BCUT2D eigenvalue weighted by atomic mass is 35.6. The minimum atomic E-state index is -2.13. The lowest BCUT2D eigenvalue weighted by molar-refractivity contribution is -0.0524. The SMILES string of the molecule is OC(N(C(=S)N1CC1)C(O)C(Cl)(Cl)Cl)C(Cl)(Cl)Cl. The number of hydrogen-bond acceptors (Lipinski definition) is 3. The van der Waals surface area contributed by atoms with Gasteiger partial charge >= 0.3 is 0 Å². The average Bonchev–Trinajstić information content (AvgIpc) is 2.97. The topological polar surface area (TPSA) is 46.7 Å². The van der Waals surface area contributed by atoms with Crippen LogP contribution in [0.5, 0.6) is 0 Å². The smallest absolute Gasteiger partial charge is 0.234 e. The molecular weight excluding hydrogens is 389 g/mol. The number of aliphatic hydroxyl groups excluding tert-OH is 2. The van der Waals surface area contributed by atoms with E-state index in [1.807, 2.05) is 0 Å². The van der Waals surface area contributed by atoms with E-state index in [0.29, 0.717) is 13.1 Å². The molecule has 0 aliphatic carbocycles. The number of nitrogens with zero attached hydrogens (tertiary/aromatic N) is 2. The molecule has 1 heterocycles. The van der Waals surface area contributed by atoms with Crippen LogP contribution in [0.3, 0.4) is 0 Å². The van der Waals surface area contributed by atoms with Gasteiger partial charge in [0.25, 0.3) is 0 Å². The fraction of sp³-hybridized carbons (Fsp3) is 0.857. The second kappa shape index (κ2) is 6.00. The van der Waals surface area contributed by atoms with Crippen LogP contribution in [-0.4, -0.2) is 58.3 Å². The molecule has 106 valence electrons. The maximum absolute atomic E-state index is 9.91. The van der Waals surface area contributed by atoms with Gasteiger partial charge in [-0.15, -0.1) is 0 Å². The summed E-state index contributed by atoms with van der Waals surface area (Å²) in [6.07, 6.45) is -3.53. The summed E-state index contributed by atoms with van der Waals surface area (Å²) >= 11 is 38.4. The minimum absolute atomic E-state index is 0.0349. The molecule has 2 N–H and O–H groups in total. The molecule has 0 aromatic rings. The highest BCUT2D eigenvalue weighted by Gasteiger charge is 2.48. The number of hydrogen-bond donors (Lipinski definition) is 2. The summed E-state index contributed by atoms with van der Waals surface area (Å²) < 4.78 is -4.26. The molecular formula is C7H8Cl6N2O2S. The van der Waals surface area contributed by atoms with E-state index in [1.54, 1.807) is 4.90 Å². The Balaban J connectivity index is 2.98. The summed E-state index contributed by atoms with van der Waals surface area (Å²) in [5.41, 5.74) is 0. The zero-order valence-corrected chi connectivity index (χ0v) is 13.9. The lowest BCUT2D eigenvalue weighted by Gasteiger charge is -2.39. The predicted molar refractivity (Wildman–Crippen MR) is 78.6 cm³/mol. The lowest BCUT2D eigenvalue weighted by Crippen LogP contribution is -2.57. The van der Waals surface area contributed by atoms with Gasteiger partial charge in [-0.25, -0.2) is 0 Å². The van der Waals surface area contributed by atoms with Gasteiger partial charge in [-0.05, 0) is 12.2 Å². The Morgan fingerprint density at radius 3 is 1.56 bits per heavy atom. The molecule has 1 saturated heterocycles. The van der Waals surface area contributed by atoms with E-state index in [0.717, 1.165) is 4.90 Å². The zero-order valence-electron chi connectivity index (χ0n) is 8.53. The first-order valence-electron chi connectivity index (χ1n) is 4.53. The molecule has 1 fully saturated rings. The highest BCUT2D eigenvalue weighted by Crippen LogP contribution is 2.39. The van der Waals surface area contributed by atoms with Gasteiger partial charge < -0.3 is 15.1 Å². The molecule has 1 aliphatic rings. The summed E-state index contributed by atoms with van der Waals surface area (Å²) in [5.74, 6) is 0. The fourth-order valence-corrected chi connectivity index (χ4v) is 2.08. The zero-order chi connectivity index (χ0) is 14.3. The van der Waals surface area contributed by atoms with E-state index in [1.165, 1.54) is 0 Å². The van der Waals surface area contributed by atoms with Gasteiger partial charge in [0.05, 0.1) is 0 Å². The lowest BCUT2D eigenvalue weighted by atomic mass is 10.4. The normalized spacial score (nSPS) is 19.4. The molecule has 0 saturated carbocycles. The van der Waals surface area contributed by atoms with Crippen molar-refractivity contribution in [2.24, 2.45) is 0 Å². The number of thiocarbonyl (C=S) groups is 1. The molecule has 11 heteroatoms. The van der Waals surface area contributed by atoms with Crippen molar-refractivity contribution in [3.63, 3.8) is 0 Å². The average molecular weight is 397 g/mol. The Morgan fingerprint density at radius 2 is 1.33 bits per heavy atom. The summed E-state index contributed by atoms with van der Waals surface area (Å²) in [7, 11) is 0. The first-order valence-corrected chi connectivity index (χ1v) is 7.20. The van der Waals surface area contributed by atoms with Crippen LogP contribution in [0.25, 0.3) is 0 Å². The molecule has 0 radical (unpaired) electrons. The summed E-state index contributed by atoms with van der Waals surface area (Å²) in [4.78, 5) is 2.40. The number of aliphatic hydroxyl groups is 2. The van der Waals surface area contributed by atoms with Gasteiger partial charge in [0.1, 0.15) is 0 Å².